The Morgan fingerprint density at radius 3 is 2.57 bits per heavy atom. The highest BCUT2D eigenvalue weighted by atomic mass is 16.3. The molecule has 2 rings (SSSR count). The molecule has 1 amide bonds. The first kappa shape index (κ1) is 9.93. The van der Waals surface area contributed by atoms with Gasteiger partial charge in [-0.05, 0) is 12.8 Å². The van der Waals surface area contributed by atoms with Crippen molar-refractivity contribution < 1.29 is 9.90 Å². The van der Waals surface area contributed by atoms with Gasteiger partial charge in [0.15, 0.2) is 0 Å². The maximum Gasteiger partial charge on any atom is 0.234 e. The third-order valence-corrected chi connectivity index (χ3v) is 3.03. The van der Waals surface area contributed by atoms with Crippen LogP contribution in [0.4, 0.5) is 0 Å². The zero-order chi connectivity index (χ0) is 9.97. The van der Waals surface area contributed by atoms with Gasteiger partial charge in [-0.15, -0.1) is 0 Å². The molecule has 80 valence electrons. The maximum atomic E-state index is 11.5. The van der Waals surface area contributed by atoms with E-state index >= 15 is 0 Å². The van der Waals surface area contributed by atoms with E-state index in [1.165, 1.54) is 12.8 Å². The molecule has 2 fully saturated rings. The summed E-state index contributed by atoms with van der Waals surface area (Å²) < 4.78 is 0. The van der Waals surface area contributed by atoms with Crippen LogP contribution < -0.4 is 5.32 Å². The molecule has 0 aromatic heterocycles. The van der Waals surface area contributed by atoms with Gasteiger partial charge in [0.2, 0.25) is 5.91 Å². The molecule has 0 aromatic rings. The first-order valence-electron chi connectivity index (χ1n) is 5.44. The average Bonchev–Trinajstić information content (AvgIpc) is 2.54. The summed E-state index contributed by atoms with van der Waals surface area (Å²) in [6.07, 6.45) is 4.54. The lowest BCUT2D eigenvalue weighted by atomic mass is 10.1. The third kappa shape index (κ3) is 2.45. The number of β-amino-alcohol motifs (C(OH)–C–C–N with tert-alkyl or cyclic N) is 1. The zero-order valence-corrected chi connectivity index (χ0v) is 8.41. The fourth-order valence-corrected chi connectivity index (χ4v) is 2.22. The number of carbonyl (C=O) groups excluding carboxylic acids is 1. The van der Waals surface area contributed by atoms with E-state index in [9.17, 15) is 4.79 Å². The van der Waals surface area contributed by atoms with Gasteiger partial charge in [0.25, 0.3) is 0 Å². The van der Waals surface area contributed by atoms with Crippen molar-refractivity contribution in [1.29, 1.82) is 0 Å². The number of hydrogen-bond donors (Lipinski definition) is 2. The van der Waals surface area contributed by atoms with Crippen molar-refractivity contribution in [2.75, 3.05) is 19.6 Å². The summed E-state index contributed by atoms with van der Waals surface area (Å²) in [7, 11) is 0. The molecule has 0 unspecified atom stereocenters. The summed E-state index contributed by atoms with van der Waals surface area (Å²) in [6, 6.07) is 0.411. The summed E-state index contributed by atoms with van der Waals surface area (Å²) in [6.45, 7) is 1.75. The van der Waals surface area contributed by atoms with Gasteiger partial charge in [-0.3, -0.25) is 9.69 Å². The van der Waals surface area contributed by atoms with Gasteiger partial charge in [0, 0.05) is 19.1 Å². The first-order valence-corrected chi connectivity index (χ1v) is 5.44. The summed E-state index contributed by atoms with van der Waals surface area (Å²) in [5.41, 5.74) is 0. The Morgan fingerprint density at radius 1 is 1.36 bits per heavy atom. The van der Waals surface area contributed by atoms with Crippen LogP contribution in [0.2, 0.25) is 0 Å². The Morgan fingerprint density at radius 2 is 2.00 bits per heavy atom. The predicted molar refractivity (Wildman–Crippen MR) is 52.8 cm³/mol. The Hall–Kier alpha value is -0.610. The summed E-state index contributed by atoms with van der Waals surface area (Å²) in [5, 5.41) is 12.1. The summed E-state index contributed by atoms with van der Waals surface area (Å²) in [4.78, 5) is 13.4. The van der Waals surface area contributed by atoms with E-state index in [4.69, 9.17) is 5.11 Å². The van der Waals surface area contributed by atoms with E-state index < -0.39 is 0 Å². The van der Waals surface area contributed by atoms with Crippen LogP contribution in [-0.4, -0.2) is 47.7 Å². The Bertz CT molecular complexity index is 208. The molecule has 2 N–H and O–H groups in total. The van der Waals surface area contributed by atoms with Crippen LogP contribution >= 0.6 is 0 Å². The molecule has 1 heterocycles. The van der Waals surface area contributed by atoms with E-state index in [0.717, 1.165) is 12.8 Å². The van der Waals surface area contributed by atoms with Crippen LogP contribution in [0, 0.1) is 0 Å². The van der Waals surface area contributed by atoms with E-state index in [1.54, 1.807) is 0 Å². The van der Waals surface area contributed by atoms with Crippen molar-refractivity contribution in [3.8, 4) is 0 Å². The minimum atomic E-state index is -0.214. The minimum absolute atomic E-state index is 0.115. The second-order valence-electron chi connectivity index (χ2n) is 4.40. The molecule has 0 atom stereocenters. The molecule has 0 spiro atoms. The molecule has 1 saturated heterocycles. The van der Waals surface area contributed by atoms with Crippen LogP contribution in [0.1, 0.15) is 25.7 Å². The molecular weight excluding hydrogens is 180 g/mol. The lowest BCUT2D eigenvalue weighted by Gasteiger charge is -2.35. The number of rotatable bonds is 3. The molecule has 1 saturated carbocycles. The van der Waals surface area contributed by atoms with E-state index in [1.807, 2.05) is 4.90 Å². The fourth-order valence-electron chi connectivity index (χ4n) is 2.22. The van der Waals surface area contributed by atoms with Gasteiger partial charge in [0.1, 0.15) is 0 Å². The van der Waals surface area contributed by atoms with Gasteiger partial charge in [-0.2, -0.15) is 0 Å². The predicted octanol–water partition coefficient (Wildman–Crippen LogP) is -0.278. The van der Waals surface area contributed by atoms with Crippen molar-refractivity contribution in [2.45, 2.75) is 37.8 Å². The molecule has 1 aliphatic carbocycles. The highest BCUT2D eigenvalue weighted by Crippen LogP contribution is 2.17. The molecule has 2 aliphatic rings. The number of hydrogen-bond acceptors (Lipinski definition) is 3. The van der Waals surface area contributed by atoms with Gasteiger partial charge in [-0.1, -0.05) is 12.8 Å². The molecular formula is C10H18N2O2. The fraction of sp³-hybridized carbons (Fsp3) is 0.900. The molecule has 1 aliphatic heterocycles. The van der Waals surface area contributed by atoms with Crippen LogP contribution in [-0.2, 0) is 4.79 Å². The monoisotopic (exact) mass is 198 g/mol. The largest absolute Gasteiger partial charge is 0.390 e. The Labute approximate surface area is 84.3 Å². The van der Waals surface area contributed by atoms with Crippen molar-refractivity contribution in [2.24, 2.45) is 0 Å². The van der Waals surface area contributed by atoms with E-state index in [2.05, 4.69) is 5.32 Å². The highest BCUT2D eigenvalue weighted by Gasteiger charge is 2.26. The second kappa shape index (κ2) is 4.28. The smallest absolute Gasteiger partial charge is 0.234 e. The molecule has 14 heavy (non-hydrogen) atoms. The molecule has 4 heteroatoms. The third-order valence-electron chi connectivity index (χ3n) is 3.03. The quantitative estimate of drug-likeness (QED) is 0.656. The van der Waals surface area contributed by atoms with Crippen molar-refractivity contribution in [1.82, 2.24) is 10.2 Å². The van der Waals surface area contributed by atoms with Crippen molar-refractivity contribution in [3.63, 3.8) is 0 Å². The number of carbonyl (C=O) groups is 1. The highest BCUT2D eigenvalue weighted by molar-refractivity contribution is 5.78. The lowest BCUT2D eigenvalue weighted by Crippen LogP contribution is -2.54. The van der Waals surface area contributed by atoms with E-state index in [-0.39, 0.29) is 12.0 Å². The lowest BCUT2D eigenvalue weighted by molar-refractivity contribution is -0.125. The SMILES string of the molecule is O=C(CN1CC(O)C1)NC1CCCC1. The number of likely N-dealkylation sites (tertiary alicyclic amines) is 1. The number of amides is 1. The topological polar surface area (TPSA) is 52.6 Å². The number of aliphatic hydroxyl groups is 1. The van der Waals surface area contributed by atoms with E-state index in [0.29, 0.717) is 25.7 Å². The van der Waals surface area contributed by atoms with Crippen LogP contribution in [0.5, 0.6) is 0 Å². The van der Waals surface area contributed by atoms with Gasteiger partial charge in [-0.25, -0.2) is 0 Å². The van der Waals surface area contributed by atoms with Gasteiger partial charge < -0.3 is 10.4 Å². The summed E-state index contributed by atoms with van der Waals surface area (Å²) in [5.74, 6) is 0.115. The molecule has 4 nitrogen and oxygen atoms in total. The van der Waals surface area contributed by atoms with Crippen LogP contribution in [0.15, 0.2) is 0 Å². The van der Waals surface area contributed by atoms with Crippen LogP contribution in [0.25, 0.3) is 0 Å². The Balaban J connectivity index is 1.63. The van der Waals surface area contributed by atoms with Gasteiger partial charge >= 0.3 is 0 Å². The number of nitrogens with one attached hydrogen (secondary N) is 1. The van der Waals surface area contributed by atoms with Crippen LogP contribution in [0.3, 0.4) is 0 Å². The summed E-state index contributed by atoms with van der Waals surface area (Å²) >= 11 is 0. The standard InChI is InChI=1S/C10H18N2O2/c13-9-5-12(6-9)7-10(14)11-8-3-1-2-4-8/h8-9,13H,1-7H2,(H,11,14). The second-order valence-corrected chi connectivity index (χ2v) is 4.40. The molecule has 0 aromatic carbocycles. The zero-order valence-electron chi connectivity index (χ0n) is 8.41. The number of aliphatic hydroxyl groups excluding tert-OH is 1. The average molecular weight is 198 g/mol. The number of nitrogens with zero attached hydrogens (tertiary/aromatic N) is 1. The minimum Gasteiger partial charge on any atom is -0.390 e. The van der Waals surface area contributed by atoms with Gasteiger partial charge in [0.05, 0.1) is 12.6 Å². The van der Waals surface area contributed by atoms with Crippen molar-refractivity contribution >= 4 is 5.91 Å². The normalized spacial score (nSPS) is 24.9. The first-order chi connectivity index (χ1) is 6.74. The molecule has 0 radical (unpaired) electrons. The van der Waals surface area contributed by atoms with Crippen molar-refractivity contribution in [3.05, 3.63) is 0 Å². The molecule has 0 bridgehead atoms. The Kier molecular flexibility index (Phi) is 3.03. The maximum absolute atomic E-state index is 11.5.